The Morgan fingerprint density at radius 3 is 2.31 bits per heavy atom. The van der Waals surface area contributed by atoms with Crippen molar-refractivity contribution in [3.8, 4) is 0 Å². The number of hydrogen-bond donors (Lipinski definition) is 0. The van der Waals surface area contributed by atoms with Crippen LogP contribution in [0.2, 0.25) is 0 Å². The summed E-state index contributed by atoms with van der Waals surface area (Å²) in [6.45, 7) is 2.11. The summed E-state index contributed by atoms with van der Waals surface area (Å²) in [6, 6.07) is 8.85. The molecule has 1 aromatic carbocycles. The van der Waals surface area contributed by atoms with Crippen LogP contribution in [-0.2, 0) is 4.74 Å². The van der Waals surface area contributed by atoms with Crippen molar-refractivity contribution >= 4 is 29.2 Å². The van der Waals surface area contributed by atoms with Crippen LogP contribution in [0.1, 0.15) is 17.3 Å². The minimum Gasteiger partial charge on any atom is -0.461 e. The van der Waals surface area contributed by atoms with Gasteiger partial charge in [0.2, 0.25) is 0 Å². The highest BCUT2D eigenvalue weighted by atomic mass is 35.5. The number of carbonyl (C=O) groups excluding carboxylic acids is 1. The first kappa shape index (κ1) is 13.3. The fourth-order valence-electron chi connectivity index (χ4n) is 1.01. The van der Waals surface area contributed by atoms with Crippen LogP contribution in [0.25, 0.3) is 0 Å². The molecule has 0 atom stereocenters. The minimum absolute atomic E-state index is 0.230. The second-order valence-corrected chi connectivity index (χ2v) is 4.55. The van der Waals surface area contributed by atoms with Crippen molar-refractivity contribution in [3.63, 3.8) is 0 Å². The van der Waals surface area contributed by atoms with E-state index in [0.29, 0.717) is 17.3 Å². The van der Waals surface area contributed by atoms with Gasteiger partial charge in [-0.1, -0.05) is 25.1 Å². The molecular formula is C12H14Cl2O2. The van der Waals surface area contributed by atoms with Gasteiger partial charge in [-0.3, -0.25) is 0 Å². The van der Waals surface area contributed by atoms with Gasteiger partial charge in [-0.2, -0.15) is 0 Å². The molecule has 4 heteroatoms. The smallest absolute Gasteiger partial charge is 0.338 e. The number of benzene rings is 1. The van der Waals surface area contributed by atoms with E-state index in [0.717, 1.165) is 0 Å². The fourth-order valence-corrected chi connectivity index (χ4v) is 1.45. The molecule has 0 N–H and O–H groups in total. The van der Waals surface area contributed by atoms with Gasteiger partial charge < -0.3 is 4.74 Å². The summed E-state index contributed by atoms with van der Waals surface area (Å²) in [7, 11) is 0. The monoisotopic (exact) mass is 260 g/mol. The van der Waals surface area contributed by atoms with Crippen LogP contribution in [0.4, 0.5) is 0 Å². The molecule has 0 aromatic heterocycles. The average Bonchev–Trinajstić information content (AvgIpc) is 2.36. The van der Waals surface area contributed by atoms with E-state index in [1.807, 2.05) is 13.0 Å². The summed E-state index contributed by atoms with van der Waals surface area (Å²) >= 11 is 11.5. The van der Waals surface area contributed by atoms with E-state index in [1.54, 1.807) is 24.3 Å². The Kier molecular flexibility index (Phi) is 5.10. The summed E-state index contributed by atoms with van der Waals surface area (Å²) in [5, 5.41) is 0. The molecule has 0 radical (unpaired) electrons. The van der Waals surface area contributed by atoms with Gasteiger partial charge in [-0.15, -0.1) is 23.2 Å². The van der Waals surface area contributed by atoms with Crippen LogP contribution in [-0.4, -0.2) is 24.3 Å². The van der Waals surface area contributed by atoms with Gasteiger partial charge in [0.1, 0.15) is 0 Å². The Balaban J connectivity index is 2.54. The Bertz CT molecular complexity index is 334. The van der Waals surface area contributed by atoms with Crippen molar-refractivity contribution in [1.29, 1.82) is 0 Å². The first-order valence-electron chi connectivity index (χ1n) is 4.95. The Labute approximate surface area is 106 Å². The van der Waals surface area contributed by atoms with Crippen molar-refractivity contribution in [1.82, 2.24) is 0 Å². The minimum atomic E-state index is -0.368. The highest BCUT2D eigenvalue weighted by molar-refractivity contribution is 6.21. The lowest BCUT2D eigenvalue weighted by Gasteiger charge is -2.23. The zero-order valence-corrected chi connectivity index (χ0v) is 10.6. The third kappa shape index (κ3) is 3.69. The van der Waals surface area contributed by atoms with Gasteiger partial charge >= 0.3 is 5.97 Å². The zero-order valence-electron chi connectivity index (χ0n) is 9.08. The van der Waals surface area contributed by atoms with Gasteiger partial charge in [0.15, 0.2) is 0 Å². The lowest BCUT2D eigenvalue weighted by Crippen LogP contribution is -2.28. The molecule has 0 spiro atoms. The lowest BCUT2D eigenvalue weighted by molar-refractivity contribution is 0.0376. The quantitative estimate of drug-likeness (QED) is 0.600. The van der Waals surface area contributed by atoms with Crippen LogP contribution < -0.4 is 0 Å². The molecule has 0 heterocycles. The largest absolute Gasteiger partial charge is 0.461 e. The maximum absolute atomic E-state index is 11.6. The van der Waals surface area contributed by atoms with E-state index < -0.39 is 0 Å². The molecule has 1 aromatic rings. The van der Waals surface area contributed by atoms with E-state index in [4.69, 9.17) is 27.9 Å². The zero-order chi connectivity index (χ0) is 12.0. The number of carbonyl (C=O) groups is 1. The summed E-state index contributed by atoms with van der Waals surface area (Å²) in [5.74, 6) is 0.374. The molecule has 0 saturated heterocycles. The van der Waals surface area contributed by atoms with E-state index in [9.17, 15) is 4.79 Å². The highest BCUT2D eigenvalue weighted by Crippen LogP contribution is 2.21. The van der Waals surface area contributed by atoms with Crippen molar-refractivity contribution in [3.05, 3.63) is 35.9 Å². The van der Waals surface area contributed by atoms with Crippen LogP contribution in [0.5, 0.6) is 0 Å². The second-order valence-electron chi connectivity index (χ2n) is 4.02. The fraction of sp³-hybridized carbons (Fsp3) is 0.417. The number of esters is 1. The summed E-state index contributed by atoms with van der Waals surface area (Å²) in [5.41, 5.74) is 0.169. The van der Waals surface area contributed by atoms with Crippen molar-refractivity contribution in [2.75, 3.05) is 18.4 Å². The van der Waals surface area contributed by atoms with E-state index >= 15 is 0 Å². The van der Waals surface area contributed by atoms with Gasteiger partial charge in [-0.05, 0) is 12.1 Å². The third-order valence-corrected chi connectivity index (χ3v) is 3.50. The van der Waals surface area contributed by atoms with Crippen molar-refractivity contribution in [2.24, 2.45) is 5.41 Å². The van der Waals surface area contributed by atoms with Crippen molar-refractivity contribution < 1.29 is 9.53 Å². The molecule has 0 aliphatic heterocycles. The van der Waals surface area contributed by atoms with Gasteiger partial charge in [0, 0.05) is 17.2 Å². The number of rotatable bonds is 5. The van der Waals surface area contributed by atoms with Gasteiger partial charge in [0.25, 0.3) is 0 Å². The topological polar surface area (TPSA) is 26.3 Å². The molecule has 88 valence electrons. The van der Waals surface area contributed by atoms with Crippen LogP contribution in [0, 0.1) is 5.41 Å². The van der Waals surface area contributed by atoms with E-state index in [-0.39, 0.29) is 18.0 Å². The summed E-state index contributed by atoms with van der Waals surface area (Å²) < 4.78 is 5.17. The first-order valence-corrected chi connectivity index (χ1v) is 6.02. The highest BCUT2D eigenvalue weighted by Gasteiger charge is 2.24. The maximum atomic E-state index is 11.6. The first-order chi connectivity index (χ1) is 7.61. The molecule has 0 aliphatic rings. The standard InChI is InChI=1S/C12H14Cl2O2/c1-12(7-13,8-14)9-16-11(15)10-5-3-2-4-6-10/h2-6H,7-9H2,1H3. The second kappa shape index (κ2) is 6.12. The maximum Gasteiger partial charge on any atom is 0.338 e. The Morgan fingerprint density at radius 1 is 1.25 bits per heavy atom. The molecule has 2 nitrogen and oxygen atoms in total. The molecule has 0 bridgehead atoms. The lowest BCUT2D eigenvalue weighted by atomic mass is 9.98. The number of hydrogen-bond acceptors (Lipinski definition) is 2. The SMILES string of the molecule is CC(CCl)(CCl)COC(=O)c1ccccc1. The van der Waals surface area contributed by atoms with Crippen LogP contribution in [0.3, 0.4) is 0 Å². The molecule has 0 saturated carbocycles. The predicted molar refractivity (Wildman–Crippen MR) is 66.3 cm³/mol. The van der Waals surface area contributed by atoms with Crippen LogP contribution in [0.15, 0.2) is 30.3 Å². The predicted octanol–water partition coefficient (Wildman–Crippen LogP) is 3.33. The molecule has 0 fully saturated rings. The molecule has 1 rings (SSSR count). The van der Waals surface area contributed by atoms with Crippen molar-refractivity contribution in [2.45, 2.75) is 6.92 Å². The number of alkyl halides is 2. The normalized spacial score (nSPS) is 11.2. The van der Waals surface area contributed by atoms with E-state index in [1.165, 1.54) is 0 Å². The number of halogens is 2. The summed E-state index contributed by atoms with van der Waals surface area (Å²) in [4.78, 5) is 11.6. The summed E-state index contributed by atoms with van der Waals surface area (Å²) in [6.07, 6.45) is 0. The molecular weight excluding hydrogens is 247 g/mol. The van der Waals surface area contributed by atoms with Gasteiger partial charge in [0.05, 0.1) is 12.2 Å². The molecule has 0 unspecified atom stereocenters. The Morgan fingerprint density at radius 2 is 1.81 bits per heavy atom. The third-order valence-electron chi connectivity index (χ3n) is 2.21. The molecule has 0 aliphatic carbocycles. The molecule has 0 amide bonds. The van der Waals surface area contributed by atoms with Crippen LogP contribution >= 0.6 is 23.2 Å². The molecule has 16 heavy (non-hydrogen) atoms. The van der Waals surface area contributed by atoms with Gasteiger partial charge in [-0.25, -0.2) is 4.79 Å². The average molecular weight is 261 g/mol. The number of ether oxygens (including phenoxy) is 1. The van der Waals surface area contributed by atoms with E-state index in [2.05, 4.69) is 0 Å². The Hall–Kier alpha value is -0.730.